The van der Waals surface area contributed by atoms with E-state index in [1.807, 2.05) is 36.5 Å². The summed E-state index contributed by atoms with van der Waals surface area (Å²) in [4.78, 5) is 14.5. The van der Waals surface area contributed by atoms with Gasteiger partial charge in [0.1, 0.15) is 18.7 Å². The number of aromatic nitrogens is 3. The summed E-state index contributed by atoms with van der Waals surface area (Å²) < 4.78 is 17.8. The fraction of sp³-hybridized carbons (Fsp3) is 0.360. The van der Waals surface area contributed by atoms with E-state index in [0.717, 1.165) is 47.2 Å². The first-order chi connectivity index (χ1) is 15.7. The van der Waals surface area contributed by atoms with Gasteiger partial charge in [-0.1, -0.05) is 6.42 Å². The molecule has 1 aliphatic heterocycles. The predicted molar refractivity (Wildman–Crippen MR) is 125 cm³/mol. The first-order valence-electron chi connectivity index (χ1n) is 11.1. The molecule has 1 fully saturated rings. The van der Waals surface area contributed by atoms with E-state index < -0.39 is 0 Å². The molecule has 0 unspecified atom stereocenters. The second-order valence-electron chi connectivity index (χ2n) is 8.23. The molecule has 0 aliphatic carbocycles. The number of hydrogen-bond donors (Lipinski definition) is 1. The van der Waals surface area contributed by atoms with Crippen LogP contribution in [-0.4, -0.2) is 53.2 Å². The summed E-state index contributed by atoms with van der Waals surface area (Å²) in [6.45, 7) is 5.91. The standard InChI is InChI=1S/C25H28N4O3/c1-17-15-26-21-7-6-18(12-19(17)21)32-25-20-13-23(30-2)24(14-22(20)27-16-28-25)31-11-10-29-8-4-3-5-9-29/h6-7,12-16,26H,3-5,8-11H2,1-2H3. The zero-order chi connectivity index (χ0) is 21.9. The van der Waals surface area contributed by atoms with Gasteiger partial charge in [-0.05, 0) is 62.7 Å². The third kappa shape index (κ3) is 4.21. The molecule has 0 atom stereocenters. The van der Waals surface area contributed by atoms with Crippen molar-refractivity contribution in [2.45, 2.75) is 26.2 Å². The SMILES string of the molecule is COc1cc2c(Oc3ccc4[nH]cc(C)c4c3)ncnc2cc1OCCN1CCCCC1. The number of piperidine rings is 1. The number of rotatable bonds is 7. The van der Waals surface area contributed by atoms with Crippen LogP contribution in [0.5, 0.6) is 23.1 Å². The van der Waals surface area contributed by atoms with E-state index in [9.17, 15) is 0 Å². The van der Waals surface area contributed by atoms with E-state index in [-0.39, 0.29) is 0 Å². The normalized spacial score (nSPS) is 14.7. The maximum absolute atomic E-state index is 6.16. The second-order valence-corrected chi connectivity index (χ2v) is 8.23. The van der Waals surface area contributed by atoms with Crippen molar-refractivity contribution >= 4 is 21.8 Å². The molecule has 1 saturated heterocycles. The van der Waals surface area contributed by atoms with Crippen LogP contribution in [-0.2, 0) is 0 Å². The van der Waals surface area contributed by atoms with Crippen molar-refractivity contribution in [3.63, 3.8) is 0 Å². The number of hydrogen-bond acceptors (Lipinski definition) is 6. The molecular weight excluding hydrogens is 404 g/mol. The summed E-state index contributed by atoms with van der Waals surface area (Å²) in [5.74, 6) is 2.54. The fourth-order valence-electron chi connectivity index (χ4n) is 4.28. The van der Waals surface area contributed by atoms with Gasteiger partial charge in [0.25, 0.3) is 0 Å². The molecule has 0 saturated carbocycles. The van der Waals surface area contributed by atoms with Crippen molar-refractivity contribution in [2.75, 3.05) is 33.4 Å². The maximum atomic E-state index is 6.16. The average molecular weight is 433 g/mol. The van der Waals surface area contributed by atoms with Gasteiger partial charge in [-0.15, -0.1) is 0 Å². The molecule has 0 bridgehead atoms. The Labute approximate surface area is 187 Å². The first kappa shape index (κ1) is 20.6. The van der Waals surface area contributed by atoms with Crippen LogP contribution in [0.1, 0.15) is 24.8 Å². The number of aryl methyl sites for hydroxylation is 1. The average Bonchev–Trinajstić information content (AvgIpc) is 3.19. The molecule has 166 valence electrons. The molecular formula is C25H28N4O3. The van der Waals surface area contributed by atoms with E-state index >= 15 is 0 Å². The van der Waals surface area contributed by atoms with Gasteiger partial charge in [0.15, 0.2) is 11.5 Å². The molecule has 0 radical (unpaired) electrons. The van der Waals surface area contributed by atoms with E-state index in [1.54, 1.807) is 7.11 Å². The monoisotopic (exact) mass is 432 g/mol. The van der Waals surface area contributed by atoms with Crippen molar-refractivity contribution in [3.05, 3.63) is 48.4 Å². The minimum atomic E-state index is 0.487. The lowest BCUT2D eigenvalue weighted by molar-refractivity contribution is 0.180. The zero-order valence-corrected chi connectivity index (χ0v) is 18.6. The number of nitrogens with zero attached hydrogens (tertiary/aromatic N) is 3. The summed E-state index contributed by atoms with van der Waals surface area (Å²) in [5, 5.41) is 1.90. The summed E-state index contributed by atoms with van der Waals surface area (Å²) >= 11 is 0. The van der Waals surface area contributed by atoms with Crippen LogP contribution in [0.4, 0.5) is 0 Å². The van der Waals surface area contributed by atoms with Crippen molar-refractivity contribution in [2.24, 2.45) is 0 Å². The van der Waals surface area contributed by atoms with Crippen LogP contribution >= 0.6 is 0 Å². The van der Waals surface area contributed by atoms with Crippen LogP contribution in [0, 0.1) is 6.92 Å². The summed E-state index contributed by atoms with van der Waals surface area (Å²) in [6.07, 6.45) is 7.39. The smallest absolute Gasteiger partial charge is 0.230 e. The molecule has 2 aromatic heterocycles. The van der Waals surface area contributed by atoms with E-state index in [4.69, 9.17) is 14.2 Å². The molecule has 0 spiro atoms. The van der Waals surface area contributed by atoms with Crippen molar-refractivity contribution in [1.82, 2.24) is 19.9 Å². The lowest BCUT2D eigenvalue weighted by Gasteiger charge is -2.26. The highest BCUT2D eigenvalue weighted by molar-refractivity contribution is 5.88. The second kappa shape index (κ2) is 9.04. The third-order valence-electron chi connectivity index (χ3n) is 6.07. The number of likely N-dealkylation sites (tertiary alicyclic amines) is 1. The molecule has 32 heavy (non-hydrogen) atoms. The molecule has 7 nitrogen and oxygen atoms in total. The molecule has 7 heteroatoms. The van der Waals surface area contributed by atoms with Crippen molar-refractivity contribution in [3.8, 4) is 23.1 Å². The Morgan fingerprint density at radius 2 is 1.88 bits per heavy atom. The summed E-state index contributed by atoms with van der Waals surface area (Å²) in [6, 6.07) is 9.75. The quantitative estimate of drug-likeness (QED) is 0.439. The molecule has 1 aliphatic rings. The van der Waals surface area contributed by atoms with Crippen LogP contribution in [0.25, 0.3) is 21.8 Å². The lowest BCUT2D eigenvalue weighted by Crippen LogP contribution is -2.33. The number of nitrogens with one attached hydrogen (secondary N) is 1. The Hall–Kier alpha value is -3.32. The fourth-order valence-corrected chi connectivity index (χ4v) is 4.28. The Morgan fingerprint density at radius 3 is 2.72 bits per heavy atom. The minimum absolute atomic E-state index is 0.487. The number of aromatic amines is 1. The number of methoxy groups -OCH3 is 1. The Balaban J connectivity index is 1.38. The molecule has 5 rings (SSSR count). The topological polar surface area (TPSA) is 72.5 Å². The van der Waals surface area contributed by atoms with Gasteiger partial charge in [0, 0.05) is 29.7 Å². The Bertz CT molecular complexity index is 1230. The highest BCUT2D eigenvalue weighted by atomic mass is 16.5. The van der Waals surface area contributed by atoms with Gasteiger partial charge in [-0.3, -0.25) is 4.90 Å². The van der Waals surface area contributed by atoms with E-state index in [1.165, 1.54) is 31.2 Å². The van der Waals surface area contributed by atoms with Crippen LogP contribution < -0.4 is 14.2 Å². The van der Waals surface area contributed by atoms with Crippen LogP contribution in [0.2, 0.25) is 0 Å². The molecule has 2 aromatic carbocycles. The molecule has 4 aromatic rings. The van der Waals surface area contributed by atoms with Gasteiger partial charge < -0.3 is 19.2 Å². The minimum Gasteiger partial charge on any atom is -0.493 e. The van der Waals surface area contributed by atoms with Crippen LogP contribution in [0.15, 0.2) is 42.9 Å². The largest absolute Gasteiger partial charge is 0.493 e. The van der Waals surface area contributed by atoms with Gasteiger partial charge in [0.05, 0.1) is 18.0 Å². The number of H-pyrrole nitrogens is 1. The van der Waals surface area contributed by atoms with Crippen molar-refractivity contribution < 1.29 is 14.2 Å². The number of ether oxygens (including phenoxy) is 3. The first-order valence-corrected chi connectivity index (χ1v) is 11.1. The number of benzene rings is 2. The molecule has 3 heterocycles. The summed E-state index contributed by atoms with van der Waals surface area (Å²) in [7, 11) is 1.64. The van der Waals surface area contributed by atoms with Crippen molar-refractivity contribution in [1.29, 1.82) is 0 Å². The molecule has 0 amide bonds. The third-order valence-corrected chi connectivity index (χ3v) is 6.07. The number of fused-ring (bicyclic) bond motifs is 2. The summed E-state index contributed by atoms with van der Waals surface area (Å²) in [5.41, 5.74) is 3.00. The highest BCUT2D eigenvalue weighted by Gasteiger charge is 2.15. The lowest BCUT2D eigenvalue weighted by atomic mass is 10.1. The van der Waals surface area contributed by atoms with Gasteiger partial charge in [-0.2, -0.15) is 0 Å². The van der Waals surface area contributed by atoms with E-state index in [0.29, 0.717) is 24.0 Å². The Morgan fingerprint density at radius 1 is 1.00 bits per heavy atom. The van der Waals surface area contributed by atoms with Gasteiger partial charge >= 0.3 is 0 Å². The van der Waals surface area contributed by atoms with Gasteiger partial charge in [0.2, 0.25) is 5.88 Å². The zero-order valence-electron chi connectivity index (χ0n) is 18.6. The maximum Gasteiger partial charge on any atom is 0.230 e. The van der Waals surface area contributed by atoms with E-state index in [2.05, 4.69) is 26.8 Å². The van der Waals surface area contributed by atoms with Gasteiger partial charge in [-0.25, -0.2) is 9.97 Å². The highest BCUT2D eigenvalue weighted by Crippen LogP contribution is 2.36. The molecule has 1 N–H and O–H groups in total. The predicted octanol–water partition coefficient (Wildman–Crippen LogP) is 5.09. The van der Waals surface area contributed by atoms with Crippen LogP contribution in [0.3, 0.4) is 0 Å². The Kier molecular flexibility index (Phi) is 5.81.